The summed E-state index contributed by atoms with van der Waals surface area (Å²) >= 11 is 0. The van der Waals surface area contributed by atoms with Crippen molar-refractivity contribution in [3.8, 4) is 0 Å². The molecular weight excluding hydrogens is 326 g/mol. The molecule has 1 aromatic rings. The van der Waals surface area contributed by atoms with E-state index < -0.39 is 10.0 Å². The van der Waals surface area contributed by atoms with E-state index in [1.165, 1.54) is 4.31 Å². The molecule has 2 aliphatic rings. The van der Waals surface area contributed by atoms with Crippen molar-refractivity contribution in [3.05, 3.63) is 29.3 Å². The molecule has 132 valence electrons. The van der Waals surface area contributed by atoms with Crippen molar-refractivity contribution in [2.24, 2.45) is 0 Å². The lowest BCUT2D eigenvalue weighted by atomic mass is 10.1. The average Bonchev–Trinajstić information content (AvgIpc) is 3.13. The molecule has 0 saturated carbocycles. The van der Waals surface area contributed by atoms with Gasteiger partial charge in [-0.1, -0.05) is 0 Å². The second-order valence-electron chi connectivity index (χ2n) is 6.59. The quantitative estimate of drug-likeness (QED) is 0.889. The minimum absolute atomic E-state index is 0.0427. The highest BCUT2D eigenvalue weighted by Gasteiger charge is 2.31. The standard InChI is InChI=1S/C17H25N3O3S/c1-13-11-14(20-9-4-10-24(20,22)23)6-7-16(13)17(21)19-8-3-5-15(19)12-18-2/h6-7,11,15,18H,3-5,8-10,12H2,1-2H3. The van der Waals surface area contributed by atoms with E-state index in [9.17, 15) is 13.2 Å². The Kier molecular flexibility index (Phi) is 4.83. The molecule has 2 heterocycles. The largest absolute Gasteiger partial charge is 0.334 e. The minimum atomic E-state index is -3.19. The maximum Gasteiger partial charge on any atom is 0.254 e. The molecule has 2 fully saturated rings. The number of likely N-dealkylation sites (N-methyl/N-ethyl adjacent to an activating group) is 1. The highest BCUT2D eigenvalue weighted by atomic mass is 32.2. The summed E-state index contributed by atoms with van der Waals surface area (Å²) < 4.78 is 25.6. The number of benzene rings is 1. The van der Waals surface area contributed by atoms with Crippen LogP contribution in [0, 0.1) is 6.92 Å². The van der Waals surface area contributed by atoms with Crippen LogP contribution in [0.2, 0.25) is 0 Å². The number of nitrogens with one attached hydrogen (secondary N) is 1. The van der Waals surface area contributed by atoms with Crippen LogP contribution < -0.4 is 9.62 Å². The Bertz CT molecular complexity index is 733. The molecule has 1 unspecified atom stereocenters. The SMILES string of the molecule is CNCC1CCCN1C(=O)c1ccc(N2CCCS2(=O)=O)cc1C. The second kappa shape index (κ2) is 6.72. The molecule has 2 saturated heterocycles. The normalized spacial score (nSPS) is 23.0. The number of likely N-dealkylation sites (tertiary alicyclic amines) is 1. The molecular formula is C17H25N3O3S. The fraction of sp³-hybridized carbons (Fsp3) is 0.588. The van der Waals surface area contributed by atoms with Crippen LogP contribution in [0.15, 0.2) is 18.2 Å². The number of hydrogen-bond acceptors (Lipinski definition) is 4. The van der Waals surface area contributed by atoms with E-state index in [4.69, 9.17) is 0 Å². The van der Waals surface area contributed by atoms with Gasteiger partial charge < -0.3 is 10.2 Å². The van der Waals surface area contributed by atoms with Crippen LogP contribution in [-0.2, 0) is 10.0 Å². The number of sulfonamides is 1. The first-order valence-electron chi connectivity index (χ1n) is 8.50. The maximum absolute atomic E-state index is 12.9. The topological polar surface area (TPSA) is 69.7 Å². The highest BCUT2D eigenvalue weighted by Crippen LogP contribution is 2.28. The Morgan fingerprint density at radius 2 is 2.08 bits per heavy atom. The Hall–Kier alpha value is -1.60. The second-order valence-corrected chi connectivity index (χ2v) is 8.61. The van der Waals surface area contributed by atoms with E-state index in [-0.39, 0.29) is 17.7 Å². The van der Waals surface area contributed by atoms with Crippen LogP contribution in [-0.4, -0.2) is 57.7 Å². The third kappa shape index (κ3) is 3.15. The van der Waals surface area contributed by atoms with E-state index >= 15 is 0 Å². The summed E-state index contributed by atoms with van der Waals surface area (Å²) in [6.07, 6.45) is 2.71. The molecule has 0 radical (unpaired) electrons. The zero-order valence-corrected chi connectivity index (χ0v) is 15.1. The van der Waals surface area contributed by atoms with Gasteiger partial charge in [0, 0.05) is 31.2 Å². The number of nitrogens with zero attached hydrogens (tertiary/aromatic N) is 2. The van der Waals surface area contributed by atoms with E-state index in [2.05, 4.69) is 5.32 Å². The summed E-state index contributed by atoms with van der Waals surface area (Å²) in [6, 6.07) is 5.58. The van der Waals surface area contributed by atoms with Gasteiger partial charge in [0.1, 0.15) is 0 Å². The number of hydrogen-bond donors (Lipinski definition) is 1. The van der Waals surface area contributed by atoms with Gasteiger partial charge in [0.2, 0.25) is 10.0 Å². The van der Waals surface area contributed by atoms with Crippen molar-refractivity contribution in [1.82, 2.24) is 10.2 Å². The number of carbonyl (C=O) groups is 1. The van der Waals surface area contributed by atoms with Crippen LogP contribution in [0.1, 0.15) is 35.2 Å². The number of rotatable bonds is 4. The number of aryl methyl sites for hydroxylation is 1. The van der Waals surface area contributed by atoms with Crippen LogP contribution in [0.3, 0.4) is 0 Å². The molecule has 3 rings (SSSR count). The van der Waals surface area contributed by atoms with Gasteiger partial charge in [-0.05, 0) is 57.0 Å². The van der Waals surface area contributed by atoms with Gasteiger partial charge in [-0.15, -0.1) is 0 Å². The molecule has 1 N–H and O–H groups in total. The van der Waals surface area contributed by atoms with Gasteiger partial charge in [-0.25, -0.2) is 8.42 Å². The van der Waals surface area contributed by atoms with Crippen molar-refractivity contribution < 1.29 is 13.2 Å². The van der Waals surface area contributed by atoms with Crippen molar-refractivity contribution in [3.63, 3.8) is 0 Å². The lowest BCUT2D eigenvalue weighted by Crippen LogP contribution is -2.41. The van der Waals surface area contributed by atoms with Gasteiger partial charge >= 0.3 is 0 Å². The predicted molar refractivity (Wildman–Crippen MR) is 94.9 cm³/mol. The maximum atomic E-state index is 12.9. The first-order chi connectivity index (χ1) is 11.4. The Morgan fingerprint density at radius 1 is 1.29 bits per heavy atom. The molecule has 7 heteroatoms. The van der Waals surface area contributed by atoms with Gasteiger partial charge in [-0.2, -0.15) is 0 Å². The zero-order chi connectivity index (χ0) is 17.3. The molecule has 1 aromatic carbocycles. The summed E-state index contributed by atoms with van der Waals surface area (Å²) in [7, 11) is -1.29. The lowest BCUT2D eigenvalue weighted by Gasteiger charge is -2.26. The van der Waals surface area contributed by atoms with Gasteiger partial charge in [0.15, 0.2) is 0 Å². The molecule has 0 aliphatic carbocycles. The molecule has 0 bridgehead atoms. The summed E-state index contributed by atoms with van der Waals surface area (Å²) in [5.74, 6) is 0.243. The first-order valence-corrected chi connectivity index (χ1v) is 10.1. The summed E-state index contributed by atoms with van der Waals surface area (Å²) in [6.45, 7) is 3.98. The summed E-state index contributed by atoms with van der Waals surface area (Å²) in [4.78, 5) is 14.8. The molecule has 1 amide bonds. The van der Waals surface area contributed by atoms with Crippen LogP contribution in [0.4, 0.5) is 5.69 Å². The zero-order valence-electron chi connectivity index (χ0n) is 14.3. The van der Waals surface area contributed by atoms with Crippen LogP contribution in [0.5, 0.6) is 0 Å². The van der Waals surface area contributed by atoms with Gasteiger partial charge in [0.05, 0.1) is 11.4 Å². The summed E-state index contributed by atoms with van der Waals surface area (Å²) in [5.41, 5.74) is 2.16. The predicted octanol–water partition coefficient (Wildman–Crippen LogP) is 1.36. The molecule has 6 nitrogen and oxygen atoms in total. The van der Waals surface area contributed by atoms with E-state index in [0.717, 1.165) is 31.5 Å². The Balaban J connectivity index is 1.84. The van der Waals surface area contributed by atoms with Gasteiger partial charge in [0.25, 0.3) is 5.91 Å². The van der Waals surface area contributed by atoms with Crippen LogP contribution >= 0.6 is 0 Å². The van der Waals surface area contributed by atoms with Crippen LogP contribution in [0.25, 0.3) is 0 Å². The number of amides is 1. The molecule has 24 heavy (non-hydrogen) atoms. The Labute approximate surface area is 143 Å². The van der Waals surface area contributed by atoms with Crippen molar-refractivity contribution >= 4 is 21.6 Å². The van der Waals surface area contributed by atoms with Gasteiger partial charge in [-0.3, -0.25) is 9.10 Å². The molecule has 0 spiro atoms. The van der Waals surface area contributed by atoms with E-state index in [1.807, 2.05) is 24.9 Å². The number of carbonyl (C=O) groups excluding carboxylic acids is 1. The minimum Gasteiger partial charge on any atom is -0.334 e. The highest BCUT2D eigenvalue weighted by molar-refractivity contribution is 7.93. The van der Waals surface area contributed by atoms with Crippen molar-refractivity contribution in [2.75, 3.05) is 36.7 Å². The smallest absolute Gasteiger partial charge is 0.254 e. The van der Waals surface area contributed by atoms with E-state index in [1.54, 1.807) is 12.1 Å². The molecule has 1 atom stereocenters. The fourth-order valence-electron chi connectivity index (χ4n) is 3.68. The first kappa shape index (κ1) is 17.2. The Morgan fingerprint density at radius 3 is 2.71 bits per heavy atom. The third-order valence-electron chi connectivity index (χ3n) is 4.91. The lowest BCUT2D eigenvalue weighted by molar-refractivity contribution is 0.0736. The average molecular weight is 351 g/mol. The monoisotopic (exact) mass is 351 g/mol. The van der Waals surface area contributed by atoms with E-state index in [0.29, 0.717) is 24.2 Å². The van der Waals surface area contributed by atoms with Crippen molar-refractivity contribution in [1.29, 1.82) is 0 Å². The molecule has 2 aliphatic heterocycles. The van der Waals surface area contributed by atoms with Crippen molar-refractivity contribution in [2.45, 2.75) is 32.2 Å². The summed E-state index contributed by atoms with van der Waals surface area (Å²) in [5, 5.41) is 3.15. The third-order valence-corrected chi connectivity index (χ3v) is 6.77. The number of anilines is 1. The fourth-order valence-corrected chi connectivity index (χ4v) is 5.23. The molecule has 0 aromatic heterocycles.